The van der Waals surface area contributed by atoms with Gasteiger partial charge in [0.2, 0.25) is 0 Å². The lowest BCUT2D eigenvalue weighted by molar-refractivity contribution is 0.147. The lowest BCUT2D eigenvalue weighted by Gasteiger charge is -2.17. The van der Waals surface area contributed by atoms with Crippen molar-refractivity contribution in [1.82, 2.24) is 0 Å². The first-order valence-corrected chi connectivity index (χ1v) is 5.62. The van der Waals surface area contributed by atoms with Crippen LogP contribution in [-0.4, -0.2) is 19.3 Å². The molecule has 3 heteroatoms. The molecule has 2 rings (SSSR count). The summed E-state index contributed by atoms with van der Waals surface area (Å²) in [4.78, 5) is 0. The van der Waals surface area contributed by atoms with Gasteiger partial charge in [-0.2, -0.15) is 0 Å². The number of aryl methyl sites for hydroxylation is 1. The maximum atomic E-state index is 10.2. The second-order valence-corrected chi connectivity index (χ2v) is 4.25. The summed E-state index contributed by atoms with van der Waals surface area (Å²) in [5.41, 5.74) is 1.34. The van der Waals surface area contributed by atoms with E-state index in [1.165, 1.54) is 0 Å². The van der Waals surface area contributed by atoms with E-state index in [2.05, 4.69) is 6.92 Å². The molecular formula is C13H18O3. The second kappa shape index (κ2) is 3.98. The van der Waals surface area contributed by atoms with E-state index in [9.17, 15) is 5.11 Å². The molecule has 1 N–H and O–H groups in total. The van der Waals surface area contributed by atoms with Gasteiger partial charge in [0.25, 0.3) is 0 Å². The highest BCUT2D eigenvalue weighted by atomic mass is 16.5. The molecule has 16 heavy (non-hydrogen) atoms. The summed E-state index contributed by atoms with van der Waals surface area (Å²) < 4.78 is 10.6. The Morgan fingerprint density at radius 3 is 2.25 bits per heavy atom. The standard InChI is InChI=1S/C13H18O3/c1-4-9-7-10(13(14)5-6-13)12(16-3)8-11(9)15-2/h7-8,14H,4-6H2,1-3H3. The predicted molar refractivity (Wildman–Crippen MR) is 62.1 cm³/mol. The second-order valence-electron chi connectivity index (χ2n) is 4.25. The van der Waals surface area contributed by atoms with E-state index in [1.807, 2.05) is 12.1 Å². The lowest BCUT2D eigenvalue weighted by Crippen LogP contribution is -2.08. The van der Waals surface area contributed by atoms with Crippen LogP contribution in [0, 0.1) is 0 Å². The van der Waals surface area contributed by atoms with Crippen molar-refractivity contribution in [2.45, 2.75) is 31.8 Å². The Morgan fingerprint density at radius 1 is 1.19 bits per heavy atom. The summed E-state index contributed by atoms with van der Waals surface area (Å²) in [5.74, 6) is 1.54. The van der Waals surface area contributed by atoms with Crippen LogP contribution in [0.2, 0.25) is 0 Å². The molecule has 1 aromatic rings. The monoisotopic (exact) mass is 222 g/mol. The molecule has 88 valence electrons. The molecule has 1 fully saturated rings. The van der Waals surface area contributed by atoms with Crippen molar-refractivity contribution in [3.8, 4) is 11.5 Å². The number of aliphatic hydroxyl groups is 1. The van der Waals surface area contributed by atoms with Gasteiger partial charge in [-0.25, -0.2) is 0 Å². The van der Waals surface area contributed by atoms with E-state index in [4.69, 9.17) is 9.47 Å². The number of ether oxygens (including phenoxy) is 2. The van der Waals surface area contributed by atoms with Crippen LogP contribution in [0.5, 0.6) is 11.5 Å². The third-order valence-corrected chi connectivity index (χ3v) is 3.21. The molecule has 0 unspecified atom stereocenters. The number of benzene rings is 1. The van der Waals surface area contributed by atoms with Crippen LogP contribution in [0.15, 0.2) is 12.1 Å². The first-order chi connectivity index (χ1) is 7.64. The maximum absolute atomic E-state index is 10.2. The van der Waals surface area contributed by atoms with Gasteiger partial charge in [0, 0.05) is 11.6 Å². The molecule has 1 aliphatic rings. The van der Waals surface area contributed by atoms with Crippen molar-refractivity contribution in [2.75, 3.05) is 14.2 Å². The van der Waals surface area contributed by atoms with Gasteiger partial charge >= 0.3 is 0 Å². The fraction of sp³-hybridized carbons (Fsp3) is 0.538. The Bertz CT molecular complexity index is 394. The minimum absolute atomic E-state index is 0.665. The highest BCUT2D eigenvalue weighted by Crippen LogP contribution is 2.50. The average Bonchev–Trinajstić information content (AvgIpc) is 3.06. The normalized spacial score (nSPS) is 17.0. The molecule has 0 spiro atoms. The molecule has 0 amide bonds. The largest absolute Gasteiger partial charge is 0.496 e. The van der Waals surface area contributed by atoms with Crippen molar-refractivity contribution in [1.29, 1.82) is 0 Å². The minimum Gasteiger partial charge on any atom is -0.496 e. The summed E-state index contributed by atoms with van der Waals surface area (Å²) in [6.45, 7) is 2.07. The van der Waals surface area contributed by atoms with Crippen LogP contribution < -0.4 is 9.47 Å². The van der Waals surface area contributed by atoms with Gasteiger partial charge in [-0.05, 0) is 30.9 Å². The highest BCUT2D eigenvalue weighted by Gasteiger charge is 2.44. The van der Waals surface area contributed by atoms with Crippen LogP contribution in [0.1, 0.15) is 30.9 Å². The molecule has 0 radical (unpaired) electrons. The van der Waals surface area contributed by atoms with Crippen molar-refractivity contribution in [3.05, 3.63) is 23.3 Å². The Hall–Kier alpha value is -1.22. The van der Waals surface area contributed by atoms with E-state index in [1.54, 1.807) is 14.2 Å². The SMILES string of the molecule is CCc1cc(C2(O)CC2)c(OC)cc1OC. The smallest absolute Gasteiger partial charge is 0.128 e. The van der Waals surface area contributed by atoms with E-state index in [0.29, 0.717) is 5.75 Å². The van der Waals surface area contributed by atoms with Crippen molar-refractivity contribution in [2.24, 2.45) is 0 Å². The first-order valence-electron chi connectivity index (χ1n) is 5.62. The quantitative estimate of drug-likeness (QED) is 0.849. The van der Waals surface area contributed by atoms with Crippen LogP contribution >= 0.6 is 0 Å². The summed E-state index contributed by atoms with van der Waals surface area (Å²) in [6.07, 6.45) is 2.52. The van der Waals surface area contributed by atoms with Crippen LogP contribution in [0.25, 0.3) is 0 Å². The van der Waals surface area contributed by atoms with Crippen molar-refractivity contribution < 1.29 is 14.6 Å². The molecule has 0 aromatic heterocycles. The molecule has 1 saturated carbocycles. The molecule has 0 atom stereocenters. The van der Waals surface area contributed by atoms with Crippen LogP contribution in [0.4, 0.5) is 0 Å². The molecule has 0 saturated heterocycles. The Kier molecular flexibility index (Phi) is 2.80. The predicted octanol–water partition coefficient (Wildman–Crippen LogP) is 2.25. The molecule has 0 heterocycles. The van der Waals surface area contributed by atoms with Crippen molar-refractivity contribution >= 4 is 0 Å². The molecule has 1 aliphatic carbocycles. The van der Waals surface area contributed by atoms with Gasteiger partial charge in [0.15, 0.2) is 0 Å². The van der Waals surface area contributed by atoms with Gasteiger partial charge in [-0.15, -0.1) is 0 Å². The molecule has 0 aliphatic heterocycles. The zero-order chi connectivity index (χ0) is 11.8. The summed E-state index contributed by atoms with van der Waals surface area (Å²) in [6, 6.07) is 3.87. The third kappa shape index (κ3) is 1.76. The number of methoxy groups -OCH3 is 2. The van der Waals surface area contributed by atoms with Gasteiger partial charge in [-0.3, -0.25) is 0 Å². The Balaban J connectivity index is 2.51. The summed E-state index contributed by atoms with van der Waals surface area (Å²) >= 11 is 0. The summed E-state index contributed by atoms with van der Waals surface area (Å²) in [7, 11) is 3.27. The van der Waals surface area contributed by atoms with E-state index in [0.717, 1.165) is 36.1 Å². The fourth-order valence-electron chi connectivity index (χ4n) is 1.99. The summed E-state index contributed by atoms with van der Waals surface area (Å²) in [5, 5.41) is 10.2. The molecule has 3 nitrogen and oxygen atoms in total. The third-order valence-electron chi connectivity index (χ3n) is 3.21. The number of rotatable bonds is 4. The number of hydrogen-bond donors (Lipinski definition) is 1. The van der Waals surface area contributed by atoms with Crippen LogP contribution in [-0.2, 0) is 12.0 Å². The zero-order valence-electron chi connectivity index (χ0n) is 10.0. The maximum Gasteiger partial charge on any atom is 0.128 e. The lowest BCUT2D eigenvalue weighted by atomic mass is 10.0. The average molecular weight is 222 g/mol. The van der Waals surface area contributed by atoms with E-state index in [-0.39, 0.29) is 0 Å². The Labute approximate surface area is 96.0 Å². The zero-order valence-corrected chi connectivity index (χ0v) is 10.0. The molecule has 0 bridgehead atoms. The molecular weight excluding hydrogens is 204 g/mol. The van der Waals surface area contributed by atoms with E-state index >= 15 is 0 Å². The fourth-order valence-corrected chi connectivity index (χ4v) is 1.99. The van der Waals surface area contributed by atoms with Gasteiger partial charge in [0.05, 0.1) is 19.8 Å². The van der Waals surface area contributed by atoms with E-state index < -0.39 is 5.60 Å². The molecule has 1 aromatic carbocycles. The Morgan fingerprint density at radius 2 is 1.81 bits per heavy atom. The van der Waals surface area contributed by atoms with Gasteiger partial charge in [-0.1, -0.05) is 6.92 Å². The van der Waals surface area contributed by atoms with Crippen LogP contribution in [0.3, 0.4) is 0 Å². The van der Waals surface area contributed by atoms with Gasteiger partial charge < -0.3 is 14.6 Å². The number of hydrogen-bond acceptors (Lipinski definition) is 3. The van der Waals surface area contributed by atoms with Crippen molar-refractivity contribution in [3.63, 3.8) is 0 Å². The topological polar surface area (TPSA) is 38.7 Å². The first kappa shape index (κ1) is 11.3. The highest BCUT2D eigenvalue weighted by molar-refractivity contribution is 5.50. The van der Waals surface area contributed by atoms with Gasteiger partial charge in [0.1, 0.15) is 11.5 Å². The minimum atomic E-state index is -0.665.